The summed E-state index contributed by atoms with van der Waals surface area (Å²) in [6.07, 6.45) is 1.53. The van der Waals surface area contributed by atoms with Crippen molar-refractivity contribution in [3.05, 3.63) is 20.8 Å². The van der Waals surface area contributed by atoms with Gasteiger partial charge in [-0.2, -0.15) is 0 Å². The molecule has 15 heavy (non-hydrogen) atoms. The molecule has 2 heterocycles. The molecule has 1 unspecified atom stereocenters. The van der Waals surface area contributed by atoms with Gasteiger partial charge in [0, 0.05) is 27.7 Å². The lowest BCUT2D eigenvalue weighted by Gasteiger charge is -2.20. The van der Waals surface area contributed by atoms with E-state index in [9.17, 15) is 4.79 Å². The Morgan fingerprint density at radius 1 is 1.73 bits per heavy atom. The second kappa shape index (κ2) is 4.36. The largest absolute Gasteiger partial charge is 0.316 e. The van der Waals surface area contributed by atoms with Crippen molar-refractivity contribution in [3.63, 3.8) is 0 Å². The van der Waals surface area contributed by atoms with Crippen LogP contribution in [0.5, 0.6) is 0 Å². The number of thiophene rings is 1. The summed E-state index contributed by atoms with van der Waals surface area (Å²) in [5.74, 6) is 0.357. The quantitative estimate of drug-likeness (QED) is 0.926. The predicted molar refractivity (Wildman–Crippen MR) is 66.3 cm³/mol. The van der Waals surface area contributed by atoms with Gasteiger partial charge in [0.25, 0.3) is 0 Å². The minimum absolute atomic E-state index is 0.149. The lowest BCUT2D eigenvalue weighted by Crippen LogP contribution is -2.31. The number of nitrogens with one attached hydrogen (secondary N) is 1. The van der Waals surface area contributed by atoms with Crippen molar-refractivity contribution in [1.82, 2.24) is 5.32 Å². The van der Waals surface area contributed by atoms with Gasteiger partial charge in [0.05, 0.1) is 0 Å². The first kappa shape index (κ1) is 11.3. The zero-order valence-corrected chi connectivity index (χ0v) is 11.1. The van der Waals surface area contributed by atoms with Crippen molar-refractivity contribution in [2.45, 2.75) is 19.8 Å². The Morgan fingerprint density at radius 3 is 3.07 bits per heavy atom. The number of hydrogen-bond donors (Lipinski definition) is 1. The maximum atomic E-state index is 12.1. The SMILES string of the molecule is CC1(C(=O)Cc2sccc2Br)CCNC1. The zero-order chi connectivity index (χ0) is 10.9. The molecule has 82 valence electrons. The van der Waals surface area contributed by atoms with E-state index in [-0.39, 0.29) is 5.41 Å². The number of carbonyl (C=O) groups is 1. The Kier molecular flexibility index (Phi) is 3.28. The van der Waals surface area contributed by atoms with Gasteiger partial charge in [-0.15, -0.1) is 11.3 Å². The zero-order valence-electron chi connectivity index (χ0n) is 8.68. The van der Waals surface area contributed by atoms with Gasteiger partial charge in [-0.25, -0.2) is 0 Å². The van der Waals surface area contributed by atoms with Crippen LogP contribution < -0.4 is 5.32 Å². The van der Waals surface area contributed by atoms with Crippen LogP contribution in [0.25, 0.3) is 0 Å². The first-order valence-corrected chi connectivity index (χ1v) is 6.75. The third kappa shape index (κ3) is 2.32. The number of carbonyl (C=O) groups excluding carboxylic acids is 1. The summed E-state index contributed by atoms with van der Waals surface area (Å²) < 4.78 is 1.07. The van der Waals surface area contributed by atoms with Gasteiger partial charge in [-0.3, -0.25) is 4.79 Å². The molecule has 0 aromatic carbocycles. The summed E-state index contributed by atoms with van der Waals surface area (Å²) in [6, 6.07) is 2.00. The molecule has 4 heteroatoms. The highest BCUT2D eigenvalue weighted by Gasteiger charge is 2.35. The molecular formula is C11H14BrNOS. The van der Waals surface area contributed by atoms with E-state index in [1.54, 1.807) is 11.3 Å². The Balaban J connectivity index is 2.07. The second-order valence-electron chi connectivity index (χ2n) is 4.28. The monoisotopic (exact) mass is 287 g/mol. The van der Waals surface area contributed by atoms with E-state index in [0.717, 1.165) is 28.9 Å². The molecule has 1 aliphatic heterocycles. The third-order valence-electron chi connectivity index (χ3n) is 3.05. The minimum Gasteiger partial charge on any atom is -0.316 e. The van der Waals surface area contributed by atoms with Crippen LogP contribution in [-0.2, 0) is 11.2 Å². The summed E-state index contributed by atoms with van der Waals surface area (Å²) in [7, 11) is 0. The Hall–Kier alpha value is -0.190. The average Bonchev–Trinajstić information content (AvgIpc) is 2.78. The van der Waals surface area contributed by atoms with Crippen LogP contribution in [-0.4, -0.2) is 18.9 Å². The van der Waals surface area contributed by atoms with Crippen molar-refractivity contribution >= 4 is 33.0 Å². The number of halogens is 1. The standard InChI is InChI=1S/C11H14BrNOS/c1-11(3-4-13-7-11)10(14)6-9-8(12)2-5-15-9/h2,5,13H,3-4,6-7H2,1H3. The van der Waals surface area contributed by atoms with Crippen LogP contribution in [0, 0.1) is 5.41 Å². The van der Waals surface area contributed by atoms with Crippen molar-refractivity contribution in [3.8, 4) is 0 Å². The van der Waals surface area contributed by atoms with E-state index < -0.39 is 0 Å². The minimum atomic E-state index is -0.149. The number of ketones is 1. The van der Waals surface area contributed by atoms with Crippen molar-refractivity contribution in [2.75, 3.05) is 13.1 Å². The maximum Gasteiger partial charge on any atom is 0.145 e. The number of rotatable bonds is 3. The molecule has 0 bridgehead atoms. The fourth-order valence-electron chi connectivity index (χ4n) is 1.87. The molecule has 1 saturated heterocycles. The normalized spacial score (nSPS) is 25.7. The highest BCUT2D eigenvalue weighted by molar-refractivity contribution is 9.10. The van der Waals surface area contributed by atoms with E-state index in [2.05, 4.69) is 28.2 Å². The molecule has 2 nitrogen and oxygen atoms in total. The van der Waals surface area contributed by atoms with Crippen LogP contribution in [0.15, 0.2) is 15.9 Å². The number of hydrogen-bond acceptors (Lipinski definition) is 3. The highest BCUT2D eigenvalue weighted by Crippen LogP contribution is 2.30. The fraction of sp³-hybridized carbons (Fsp3) is 0.545. The summed E-state index contributed by atoms with van der Waals surface area (Å²) in [4.78, 5) is 13.3. The molecule has 2 rings (SSSR count). The van der Waals surface area contributed by atoms with Crippen LogP contribution >= 0.6 is 27.3 Å². The first-order valence-electron chi connectivity index (χ1n) is 5.08. The molecule has 1 fully saturated rings. The Labute approximate surface area is 102 Å². The van der Waals surface area contributed by atoms with Crippen LogP contribution in [0.4, 0.5) is 0 Å². The van der Waals surface area contributed by atoms with Crippen LogP contribution in [0.2, 0.25) is 0 Å². The van der Waals surface area contributed by atoms with Crippen molar-refractivity contribution in [2.24, 2.45) is 5.41 Å². The summed E-state index contributed by atoms with van der Waals surface area (Å²) in [5, 5.41) is 5.27. The number of Topliss-reactive ketones (excluding diaryl/α,β-unsaturated/α-hetero) is 1. The van der Waals surface area contributed by atoms with Gasteiger partial charge in [-0.05, 0) is 40.3 Å². The molecule has 0 spiro atoms. The molecule has 1 atom stereocenters. The summed E-state index contributed by atoms with van der Waals surface area (Å²) in [5.41, 5.74) is -0.149. The molecular weight excluding hydrogens is 274 g/mol. The average molecular weight is 288 g/mol. The van der Waals surface area contributed by atoms with Gasteiger partial charge < -0.3 is 5.32 Å². The lowest BCUT2D eigenvalue weighted by molar-refractivity contribution is -0.126. The van der Waals surface area contributed by atoms with Gasteiger partial charge in [0.1, 0.15) is 5.78 Å². The molecule has 0 amide bonds. The molecule has 1 N–H and O–H groups in total. The smallest absolute Gasteiger partial charge is 0.145 e. The maximum absolute atomic E-state index is 12.1. The highest BCUT2D eigenvalue weighted by atomic mass is 79.9. The van der Waals surface area contributed by atoms with E-state index >= 15 is 0 Å². The lowest BCUT2D eigenvalue weighted by atomic mass is 9.83. The van der Waals surface area contributed by atoms with Gasteiger partial charge in [0.15, 0.2) is 0 Å². The van der Waals surface area contributed by atoms with E-state index in [1.165, 1.54) is 0 Å². The second-order valence-corrected chi connectivity index (χ2v) is 6.13. The summed E-state index contributed by atoms with van der Waals surface area (Å²) >= 11 is 5.11. The van der Waals surface area contributed by atoms with Crippen molar-refractivity contribution in [1.29, 1.82) is 0 Å². The molecule has 0 aliphatic carbocycles. The molecule has 0 radical (unpaired) electrons. The van der Waals surface area contributed by atoms with E-state index in [1.807, 2.05) is 11.4 Å². The van der Waals surface area contributed by atoms with E-state index in [4.69, 9.17) is 0 Å². The van der Waals surface area contributed by atoms with Gasteiger partial charge in [-0.1, -0.05) is 6.92 Å². The van der Waals surface area contributed by atoms with E-state index in [0.29, 0.717) is 12.2 Å². The summed E-state index contributed by atoms with van der Waals surface area (Å²) in [6.45, 7) is 3.86. The Bertz CT molecular complexity index is 368. The first-order chi connectivity index (χ1) is 7.12. The topological polar surface area (TPSA) is 29.1 Å². The molecule has 1 aromatic heterocycles. The van der Waals surface area contributed by atoms with Crippen molar-refractivity contribution < 1.29 is 4.79 Å². The predicted octanol–water partition coefficient (Wildman–Crippen LogP) is 2.62. The molecule has 0 saturated carbocycles. The van der Waals surface area contributed by atoms with Gasteiger partial charge >= 0.3 is 0 Å². The Morgan fingerprint density at radius 2 is 2.53 bits per heavy atom. The third-order valence-corrected chi connectivity index (χ3v) is 4.98. The molecule has 1 aromatic rings. The van der Waals surface area contributed by atoms with Crippen LogP contribution in [0.3, 0.4) is 0 Å². The van der Waals surface area contributed by atoms with Crippen LogP contribution in [0.1, 0.15) is 18.2 Å². The van der Waals surface area contributed by atoms with Gasteiger partial charge in [0.2, 0.25) is 0 Å². The fourth-order valence-corrected chi connectivity index (χ4v) is 3.36. The molecule has 1 aliphatic rings.